The van der Waals surface area contributed by atoms with E-state index in [4.69, 9.17) is 0 Å². The molecule has 2 heterocycles. The Morgan fingerprint density at radius 2 is 1.62 bits per heavy atom. The Morgan fingerprint density at radius 3 is 2.28 bits per heavy atom. The minimum absolute atomic E-state index is 0.177. The first-order chi connectivity index (χ1) is 15.4. The van der Waals surface area contributed by atoms with Crippen molar-refractivity contribution in [1.29, 1.82) is 0 Å². The van der Waals surface area contributed by atoms with Gasteiger partial charge in [0, 0.05) is 43.2 Å². The van der Waals surface area contributed by atoms with Gasteiger partial charge in [0.15, 0.2) is 0 Å². The minimum atomic E-state index is -3.56. The first-order valence-corrected chi connectivity index (χ1v) is 13.0. The lowest BCUT2D eigenvalue weighted by atomic mass is 10.1. The Balaban J connectivity index is 1.42. The maximum Gasteiger partial charge on any atom is 0.255 e. The molecular weight excluding hydrogens is 448 g/mol. The van der Waals surface area contributed by atoms with Gasteiger partial charge in [-0.05, 0) is 43.4 Å². The van der Waals surface area contributed by atoms with E-state index < -0.39 is 16.1 Å². The molecule has 2 aromatic carbocycles. The van der Waals surface area contributed by atoms with E-state index in [0.29, 0.717) is 49.1 Å². The molecule has 1 N–H and O–H groups in total. The van der Waals surface area contributed by atoms with E-state index in [2.05, 4.69) is 10.2 Å². The fraction of sp³-hybridized carbons (Fsp3) is 0.364. The predicted octanol–water partition coefficient (Wildman–Crippen LogP) is 1.78. The molecule has 2 saturated heterocycles. The lowest BCUT2D eigenvalue weighted by Crippen LogP contribution is -2.47. The van der Waals surface area contributed by atoms with Crippen LogP contribution < -0.4 is 5.32 Å². The molecule has 4 rings (SSSR count). The number of nitrogens with zero attached hydrogens (tertiary/aromatic N) is 3. The van der Waals surface area contributed by atoms with Crippen LogP contribution in [0.25, 0.3) is 0 Å². The van der Waals surface area contributed by atoms with E-state index >= 15 is 0 Å². The van der Waals surface area contributed by atoms with Crippen LogP contribution in [0, 0.1) is 0 Å². The largest absolute Gasteiger partial charge is 0.324 e. The zero-order chi connectivity index (χ0) is 22.7. The lowest BCUT2D eigenvalue weighted by Gasteiger charge is -2.31. The third kappa shape index (κ3) is 4.83. The summed E-state index contributed by atoms with van der Waals surface area (Å²) in [6, 6.07) is 14.5. The Morgan fingerprint density at radius 1 is 0.969 bits per heavy atom. The van der Waals surface area contributed by atoms with Gasteiger partial charge in [-0.1, -0.05) is 18.2 Å². The van der Waals surface area contributed by atoms with Crippen LogP contribution >= 0.6 is 11.8 Å². The quantitative estimate of drug-likeness (QED) is 0.711. The van der Waals surface area contributed by atoms with E-state index in [9.17, 15) is 18.0 Å². The van der Waals surface area contributed by atoms with Crippen LogP contribution in [-0.4, -0.2) is 85.2 Å². The number of carbonyl (C=O) groups is 2. The van der Waals surface area contributed by atoms with Crippen LogP contribution in [-0.2, 0) is 14.8 Å². The number of hydrogen-bond donors (Lipinski definition) is 1. The summed E-state index contributed by atoms with van der Waals surface area (Å²) >= 11 is 1.53. The van der Waals surface area contributed by atoms with Gasteiger partial charge in [0.2, 0.25) is 15.9 Å². The van der Waals surface area contributed by atoms with Gasteiger partial charge in [-0.3, -0.25) is 9.59 Å². The predicted molar refractivity (Wildman–Crippen MR) is 125 cm³/mol. The number of thioether (sulfide) groups is 1. The highest BCUT2D eigenvalue weighted by molar-refractivity contribution is 7.99. The average Bonchev–Trinajstić information content (AvgIpc) is 3.30. The van der Waals surface area contributed by atoms with Gasteiger partial charge in [0.05, 0.1) is 10.8 Å². The molecule has 0 spiro atoms. The summed E-state index contributed by atoms with van der Waals surface area (Å²) in [6.45, 7) is 2.32. The molecular formula is C22H26N4O4S2. The summed E-state index contributed by atoms with van der Waals surface area (Å²) in [4.78, 5) is 29.5. The van der Waals surface area contributed by atoms with Crippen LogP contribution in [0.5, 0.6) is 0 Å². The molecule has 1 atom stereocenters. The summed E-state index contributed by atoms with van der Waals surface area (Å²) in [5.74, 6) is 0.507. The van der Waals surface area contributed by atoms with Crippen molar-refractivity contribution >= 4 is 39.3 Å². The molecule has 170 valence electrons. The second kappa shape index (κ2) is 9.62. The molecule has 0 saturated carbocycles. The van der Waals surface area contributed by atoms with E-state index in [1.807, 2.05) is 13.1 Å². The Kier molecular flexibility index (Phi) is 6.85. The van der Waals surface area contributed by atoms with Crippen LogP contribution in [0.15, 0.2) is 59.5 Å². The number of anilines is 1. The van der Waals surface area contributed by atoms with Crippen LogP contribution in [0.2, 0.25) is 0 Å². The number of hydrogen-bond acceptors (Lipinski definition) is 6. The number of nitrogens with one attached hydrogen (secondary N) is 1. The topological polar surface area (TPSA) is 90.0 Å². The lowest BCUT2D eigenvalue weighted by molar-refractivity contribution is -0.119. The third-order valence-corrected chi connectivity index (χ3v) is 8.61. The SMILES string of the molecule is CN1CCN(S(=O)(=O)c2ccc(NC(=O)[C@@H]3CSCN3C(=O)c3ccccc3)cc2)CC1. The first-order valence-electron chi connectivity index (χ1n) is 10.4. The monoisotopic (exact) mass is 474 g/mol. The van der Waals surface area contributed by atoms with Gasteiger partial charge < -0.3 is 15.1 Å². The van der Waals surface area contributed by atoms with Gasteiger partial charge >= 0.3 is 0 Å². The molecule has 0 bridgehead atoms. The van der Waals surface area contributed by atoms with E-state index in [-0.39, 0.29) is 16.7 Å². The normalized spacial score (nSPS) is 20.3. The molecule has 0 aromatic heterocycles. The highest BCUT2D eigenvalue weighted by Gasteiger charge is 2.35. The Hall–Kier alpha value is -2.40. The van der Waals surface area contributed by atoms with Crippen molar-refractivity contribution in [3.8, 4) is 0 Å². The minimum Gasteiger partial charge on any atom is -0.324 e. The number of likely N-dealkylation sites (N-methyl/N-ethyl adjacent to an activating group) is 1. The molecule has 2 fully saturated rings. The first kappa shape index (κ1) is 22.8. The van der Waals surface area contributed by atoms with Gasteiger partial charge in [-0.15, -0.1) is 11.8 Å². The van der Waals surface area contributed by atoms with Crippen molar-refractivity contribution in [2.24, 2.45) is 0 Å². The van der Waals surface area contributed by atoms with Crippen molar-refractivity contribution in [2.45, 2.75) is 10.9 Å². The second-order valence-corrected chi connectivity index (χ2v) is 10.8. The van der Waals surface area contributed by atoms with Crippen molar-refractivity contribution in [3.05, 3.63) is 60.2 Å². The van der Waals surface area contributed by atoms with E-state index in [1.54, 1.807) is 41.3 Å². The summed E-state index contributed by atoms with van der Waals surface area (Å²) in [7, 11) is -1.59. The number of carbonyl (C=O) groups excluding carboxylic acids is 2. The Labute approximate surface area is 192 Å². The summed E-state index contributed by atoms with van der Waals surface area (Å²) in [6.07, 6.45) is 0. The van der Waals surface area contributed by atoms with Crippen LogP contribution in [0.4, 0.5) is 5.69 Å². The molecule has 10 heteroatoms. The molecule has 32 heavy (non-hydrogen) atoms. The maximum atomic E-state index is 12.9. The number of piperazine rings is 1. The number of benzene rings is 2. The van der Waals surface area contributed by atoms with Gasteiger partial charge in [-0.2, -0.15) is 4.31 Å². The summed E-state index contributed by atoms with van der Waals surface area (Å²) in [5, 5.41) is 2.82. The smallest absolute Gasteiger partial charge is 0.255 e. The molecule has 2 aliphatic heterocycles. The van der Waals surface area contributed by atoms with Gasteiger partial charge in [-0.25, -0.2) is 8.42 Å². The van der Waals surface area contributed by atoms with Crippen LogP contribution in [0.3, 0.4) is 0 Å². The Bertz CT molecular complexity index is 1070. The zero-order valence-corrected chi connectivity index (χ0v) is 19.4. The van der Waals surface area contributed by atoms with Crippen molar-refractivity contribution in [3.63, 3.8) is 0 Å². The van der Waals surface area contributed by atoms with Gasteiger partial charge in [0.25, 0.3) is 5.91 Å². The van der Waals surface area contributed by atoms with Crippen molar-refractivity contribution < 1.29 is 18.0 Å². The second-order valence-electron chi connectivity index (χ2n) is 7.88. The fourth-order valence-electron chi connectivity index (χ4n) is 3.72. The van der Waals surface area contributed by atoms with E-state index in [0.717, 1.165) is 0 Å². The summed E-state index contributed by atoms with van der Waals surface area (Å²) in [5.41, 5.74) is 1.04. The number of rotatable bonds is 5. The highest BCUT2D eigenvalue weighted by Crippen LogP contribution is 2.25. The highest BCUT2D eigenvalue weighted by atomic mass is 32.2. The third-order valence-electron chi connectivity index (χ3n) is 5.69. The van der Waals surface area contributed by atoms with E-state index in [1.165, 1.54) is 28.2 Å². The van der Waals surface area contributed by atoms with Crippen LogP contribution in [0.1, 0.15) is 10.4 Å². The molecule has 0 unspecified atom stereocenters. The van der Waals surface area contributed by atoms with Gasteiger partial charge in [0.1, 0.15) is 6.04 Å². The standard InChI is InChI=1S/C22H26N4O4S2/c1-24-11-13-25(14-12-24)32(29,30)19-9-7-18(8-10-19)23-21(27)20-15-31-16-26(20)22(28)17-5-3-2-4-6-17/h2-10,20H,11-16H2,1H3,(H,23,27)/t20-/m0/s1. The number of sulfonamides is 1. The molecule has 2 aliphatic rings. The zero-order valence-electron chi connectivity index (χ0n) is 17.8. The van der Waals surface area contributed by atoms with Crippen molar-refractivity contribution in [1.82, 2.24) is 14.1 Å². The maximum absolute atomic E-state index is 12.9. The average molecular weight is 475 g/mol. The number of amides is 2. The summed E-state index contributed by atoms with van der Waals surface area (Å²) < 4.78 is 27.2. The molecule has 2 amide bonds. The molecule has 2 aromatic rings. The molecule has 0 radical (unpaired) electrons. The van der Waals surface area contributed by atoms with Crippen molar-refractivity contribution in [2.75, 3.05) is 50.2 Å². The fourth-order valence-corrected chi connectivity index (χ4v) is 6.30. The molecule has 8 nitrogen and oxygen atoms in total. The molecule has 0 aliphatic carbocycles.